The molecule has 2 nitrogen and oxygen atoms in total. The smallest absolute Gasteiger partial charge is 0.312 e. The van der Waals surface area contributed by atoms with Crippen LogP contribution >= 0.6 is 23.2 Å². The average molecular weight is 327 g/mol. The number of methoxy groups -OCH3 is 1. The van der Waals surface area contributed by atoms with Gasteiger partial charge < -0.3 is 4.74 Å². The molecule has 21 heavy (non-hydrogen) atoms. The summed E-state index contributed by atoms with van der Waals surface area (Å²) in [5.74, 6) is -1.38. The number of esters is 1. The van der Waals surface area contributed by atoms with E-state index in [9.17, 15) is 9.18 Å². The fourth-order valence-electron chi connectivity index (χ4n) is 2.06. The summed E-state index contributed by atoms with van der Waals surface area (Å²) in [6.07, 6.45) is 0. The maximum atomic E-state index is 14.3. The van der Waals surface area contributed by atoms with Crippen molar-refractivity contribution in [2.24, 2.45) is 0 Å². The molecule has 0 aliphatic rings. The highest BCUT2D eigenvalue weighted by Gasteiger charge is 2.17. The first-order chi connectivity index (χ1) is 9.92. The van der Waals surface area contributed by atoms with E-state index in [4.69, 9.17) is 23.2 Å². The predicted octanol–water partition coefficient (Wildman–Crippen LogP) is 5.08. The summed E-state index contributed by atoms with van der Waals surface area (Å²) < 4.78 is 18.9. The molecule has 0 saturated carbocycles. The van der Waals surface area contributed by atoms with Gasteiger partial charge in [0.05, 0.1) is 13.0 Å². The van der Waals surface area contributed by atoms with Gasteiger partial charge in [-0.25, -0.2) is 4.39 Å². The Bertz CT molecular complexity index is 666. The minimum absolute atomic E-state index is 0.375. The van der Waals surface area contributed by atoms with Gasteiger partial charge in [-0.05, 0) is 42.3 Å². The lowest BCUT2D eigenvalue weighted by atomic mass is 9.97. The molecular formula is C16H13Cl2FO2. The average Bonchev–Trinajstić information content (AvgIpc) is 2.44. The maximum absolute atomic E-state index is 14.3. The molecule has 1 unspecified atom stereocenters. The second kappa shape index (κ2) is 6.46. The van der Waals surface area contributed by atoms with Crippen molar-refractivity contribution in [3.05, 3.63) is 57.8 Å². The first-order valence-electron chi connectivity index (χ1n) is 6.26. The van der Waals surface area contributed by atoms with Crippen LogP contribution in [0.25, 0.3) is 11.1 Å². The largest absolute Gasteiger partial charge is 0.469 e. The lowest BCUT2D eigenvalue weighted by molar-refractivity contribution is -0.141. The molecule has 0 heterocycles. The van der Waals surface area contributed by atoms with Gasteiger partial charge in [0, 0.05) is 15.6 Å². The zero-order chi connectivity index (χ0) is 15.6. The number of carbonyl (C=O) groups excluding carboxylic acids is 1. The van der Waals surface area contributed by atoms with Gasteiger partial charge >= 0.3 is 5.97 Å². The summed E-state index contributed by atoms with van der Waals surface area (Å²) in [6, 6.07) is 9.47. The van der Waals surface area contributed by atoms with Crippen molar-refractivity contribution < 1.29 is 13.9 Å². The van der Waals surface area contributed by atoms with E-state index in [0.717, 1.165) is 0 Å². The SMILES string of the molecule is COC(=O)C(C)c1ccc(-c2cc(Cl)cc(Cl)c2)c(F)c1. The van der Waals surface area contributed by atoms with Gasteiger partial charge in [0.1, 0.15) is 5.82 Å². The van der Waals surface area contributed by atoms with E-state index in [1.165, 1.54) is 13.2 Å². The minimum atomic E-state index is -0.526. The molecule has 110 valence electrons. The van der Waals surface area contributed by atoms with Crippen LogP contribution < -0.4 is 0 Å². The second-order valence-corrected chi connectivity index (χ2v) is 5.52. The van der Waals surface area contributed by atoms with Gasteiger partial charge in [-0.1, -0.05) is 35.3 Å². The molecular weight excluding hydrogens is 314 g/mol. The number of ether oxygens (including phenoxy) is 1. The van der Waals surface area contributed by atoms with Crippen molar-refractivity contribution in [1.82, 2.24) is 0 Å². The number of carbonyl (C=O) groups is 1. The molecule has 1 atom stereocenters. The Labute approximate surface area is 132 Å². The van der Waals surface area contributed by atoms with Gasteiger partial charge in [0.25, 0.3) is 0 Å². The highest BCUT2D eigenvalue weighted by atomic mass is 35.5. The molecule has 0 N–H and O–H groups in total. The van der Waals surface area contributed by atoms with E-state index in [-0.39, 0.29) is 0 Å². The molecule has 0 aliphatic carbocycles. The number of hydrogen-bond acceptors (Lipinski definition) is 2. The number of benzene rings is 2. The number of rotatable bonds is 3. The normalized spacial score (nSPS) is 12.0. The first kappa shape index (κ1) is 15.8. The third-order valence-corrected chi connectivity index (χ3v) is 3.66. The van der Waals surface area contributed by atoms with Crippen molar-refractivity contribution in [2.45, 2.75) is 12.8 Å². The van der Waals surface area contributed by atoms with Crippen molar-refractivity contribution in [1.29, 1.82) is 0 Å². The van der Waals surface area contributed by atoms with Crippen LogP contribution in [0.15, 0.2) is 36.4 Å². The van der Waals surface area contributed by atoms with E-state index in [2.05, 4.69) is 4.74 Å². The fraction of sp³-hybridized carbons (Fsp3) is 0.188. The summed E-state index contributed by atoms with van der Waals surface area (Å²) in [6.45, 7) is 1.66. The molecule has 2 aromatic rings. The molecule has 0 saturated heterocycles. The van der Waals surface area contributed by atoms with Crippen molar-refractivity contribution >= 4 is 29.2 Å². The van der Waals surface area contributed by atoms with Crippen LogP contribution in [-0.2, 0) is 9.53 Å². The Balaban J connectivity index is 2.42. The van der Waals surface area contributed by atoms with Gasteiger partial charge in [-0.15, -0.1) is 0 Å². The quantitative estimate of drug-likeness (QED) is 0.735. The molecule has 0 radical (unpaired) electrons. The van der Waals surface area contributed by atoms with Crippen molar-refractivity contribution in [3.8, 4) is 11.1 Å². The van der Waals surface area contributed by atoms with Crippen LogP contribution in [0.1, 0.15) is 18.4 Å². The Morgan fingerprint density at radius 2 is 1.76 bits per heavy atom. The molecule has 0 bridgehead atoms. The van der Waals surface area contributed by atoms with Crippen LogP contribution in [0.5, 0.6) is 0 Å². The predicted molar refractivity (Wildman–Crippen MR) is 82.3 cm³/mol. The second-order valence-electron chi connectivity index (χ2n) is 4.64. The molecule has 0 spiro atoms. The highest BCUT2D eigenvalue weighted by Crippen LogP contribution is 2.30. The van der Waals surface area contributed by atoms with E-state index in [1.54, 1.807) is 37.3 Å². The van der Waals surface area contributed by atoms with Crippen LogP contribution in [0, 0.1) is 5.82 Å². The van der Waals surface area contributed by atoms with E-state index in [0.29, 0.717) is 26.7 Å². The summed E-state index contributed by atoms with van der Waals surface area (Å²) >= 11 is 11.9. The number of hydrogen-bond donors (Lipinski definition) is 0. The third-order valence-electron chi connectivity index (χ3n) is 3.22. The van der Waals surface area contributed by atoms with Gasteiger partial charge in [-0.2, -0.15) is 0 Å². The zero-order valence-corrected chi connectivity index (χ0v) is 13.0. The Morgan fingerprint density at radius 1 is 1.14 bits per heavy atom. The van der Waals surface area contributed by atoms with Crippen molar-refractivity contribution in [3.63, 3.8) is 0 Å². The van der Waals surface area contributed by atoms with Gasteiger partial charge in [0.2, 0.25) is 0 Å². The topological polar surface area (TPSA) is 26.3 Å². The molecule has 0 aromatic heterocycles. The van der Waals surface area contributed by atoms with Crippen LogP contribution in [0.2, 0.25) is 10.0 Å². The zero-order valence-electron chi connectivity index (χ0n) is 11.5. The Hall–Kier alpha value is -1.58. The summed E-state index contributed by atoms with van der Waals surface area (Å²) in [4.78, 5) is 11.5. The Morgan fingerprint density at radius 3 is 2.29 bits per heavy atom. The van der Waals surface area contributed by atoms with Gasteiger partial charge in [-0.3, -0.25) is 4.79 Å². The summed E-state index contributed by atoms with van der Waals surface area (Å²) in [5, 5.41) is 0.868. The van der Waals surface area contributed by atoms with Crippen LogP contribution in [0.3, 0.4) is 0 Å². The molecule has 0 amide bonds. The van der Waals surface area contributed by atoms with Crippen LogP contribution in [-0.4, -0.2) is 13.1 Å². The fourth-order valence-corrected chi connectivity index (χ4v) is 2.58. The van der Waals surface area contributed by atoms with E-state index < -0.39 is 17.7 Å². The molecule has 0 aliphatic heterocycles. The summed E-state index contributed by atoms with van der Waals surface area (Å²) in [5.41, 5.74) is 1.51. The number of halogens is 3. The lowest BCUT2D eigenvalue weighted by Gasteiger charge is -2.12. The molecule has 2 aromatic carbocycles. The summed E-state index contributed by atoms with van der Waals surface area (Å²) in [7, 11) is 1.30. The standard InChI is InChI=1S/C16H13Cl2FO2/c1-9(16(20)21-2)10-3-4-14(15(19)7-10)11-5-12(17)8-13(18)6-11/h3-9H,1-2H3. The maximum Gasteiger partial charge on any atom is 0.312 e. The van der Waals surface area contributed by atoms with Gasteiger partial charge in [0.15, 0.2) is 0 Å². The third kappa shape index (κ3) is 3.55. The molecule has 5 heteroatoms. The monoisotopic (exact) mass is 326 g/mol. The molecule has 0 fully saturated rings. The first-order valence-corrected chi connectivity index (χ1v) is 7.01. The molecule has 2 rings (SSSR count). The van der Waals surface area contributed by atoms with Crippen LogP contribution in [0.4, 0.5) is 4.39 Å². The Kier molecular flexibility index (Phi) is 4.86. The minimum Gasteiger partial charge on any atom is -0.469 e. The van der Waals surface area contributed by atoms with E-state index in [1.807, 2.05) is 0 Å². The lowest BCUT2D eigenvalue weighted by Crippen LogP contribution is -2.11. The van der Waals surface area contributed by atoms with E-state index >= 15 is 0 Å². The van der Waals surface area contributed by atoms with Crippen molar-refractivity contribution in [2.75, 3.05) is 7.11 Å². The highest BCUT2D eigenvalue weighted by molar-refractivity contribution is 6.35.